The molecule has 6 nitrogen and oxygen atoms in total. The molecule has 3 heterocycles. The normalized spacial score (nSPS) is 24.2. The van der Waals surface area contributed by atoms with Crippen molar-refractivity contribution in [3.8, 4) is 11.6 Å². The van der Waals surface area contributed by atoms with E-state index in [0.717, 1.165) is 22.7 Å². The third-order valence-corrected chi connectivity index (χ3v) is 6.86. The van der Waals surface area contributed by atoms with Gasteiger partial charge in [0.2, 0.25) is 5.82 Å². The predicted molar refractivity (Wildman–Crippen MR) is 120 cm³/mol. The van der Waals surface area contributed by atoms with E-state index in [1.54, 1.807) is 18.2 Å². The fourth-order valence-corrected chi connectivity index (χ4v) is 5.32. The number of imidazole rings is 1. The molecule has 3 aromatic rings. The van der Waals surface area contributed by atoms with Crippen LogP contribution in [-0.4, -0.2) is 40.4 Å². The summed E-state index contributed by atoms with van der Waals surface area (Å²) in [6.07, 6.45) is 1.20. The lowest BCUT2D eigenvalue weighted by Gasteiger charge is -2.32. The van der Waals surface area contributed by atoms with Gasteiger partial charge in [0.1, 0.15) is 23.1 Å². The SMILES string of the molecule is COc1ccc(-n2ccnc2C(F)(F)F)nc1C1=C[C@@]2(CC[C@H](CN)[C@H]2c2ccc(F)cc2)OC1. The van der Waals surface area contributed by atoms with Gasteiger partial charge in [0, 0.05) is 23.9 Å². The number of alkyl halides is 3. The molecule has 1 saturated carbocycles. The molecule has 0 amide bonds. The van der Waals surface area contributed by atoms with E-state index in [-0.39, 0.29) is 30.1 Å². The molecule has 0 saturated heterocycles. The summed E-state index contributed by atoms with van der Waals surface area (Å²) in [6, 6.07) is 9.38. The van der Waals surface area contributed by atoms with Crippen molar-refractivity contribution >= 4 is 5.57 Å². The van der Waals surface area contributed by atoms with Gasteiger partial charge in [0.25, 0.3) is 0 Å². The summed E-state index contributed by atoms with van der Waals surface area (Å²) in [5, 5.41) is 0. The third-order valence-electron chi connectivity index (χ3n) is 6.86. The monoisotopic (exact) mass is 488 g/mol. The topological polar surface area (TPSA) is 75.2 Å². The average molecular weight is 488 g/mol. The first-order valence-corrected chi connectivity index (χ1v) is 11.2. The Hall–Kier alpha value is -3.24. The lowest BCUT2D eigenvalue weighted by atomic mass is 9.79. The van der Waals surface area contributed by atoms with Crippen LogP contribution in [0.25, 0.3) is 11.4 Å². The summed E-state index contributed by atoms with van der Waals surface area (Å²) < 4.78 is 66.6. The van der Waals surface area contributed by atoms with E-state index in [2.05, 4.69) is 9.97 Å². The standard InChI is InChI=1S/C25H24F4N4O2/c1-34-19-6-7-20(33-11-10-31-23(33)25(27,28)29)32-22(19)17-12-24(35-14-17)9-8-16(13-30)21(24)15-2-4-18(26)5-3-15/h2-7,10-12,16,21H,8-9,13-14,30H2,1H3/t16-,21-,24-/m1/s1. The minimum absolute atomic E-state index is 0.0637. The van der Waals surface area contributed by atoms with Crippen molar-refractivity contribution in [1.29, 1.82) is 0 Å². The first-order valence-electron chi connectivity index (χ1n) is 11.2. The van der Waals surface area contributed by atoms with E-state index in [1.165, 1.54) is 31.5 Å². The van der Waals surface area contributed by atoms with Crippen molar-refractivity contribution in [3.63, 3.8) is 0 Å². The average Bonchev–Trinajstić information content (AvgIpc) is 3.58. The molecule has 2 aliphatic rings. The second-order valence-corrected chi connectivity index (χ2v) is 8.82. The highest BCUT2D eigenvalue weighted by atomic mass is 19.4. The molecule has 1 aromatic carbocycles. The zero-order valence-electron chi connectivity index (χ0n) is 18.9. The van der Waals surface area contributed by atoms with Gasteiger partial charge in [-0.1, -0.05) is 12.1 Å². The molecule has 184 valence electrons. The first-order chi connectivity index (χ1) is 16.8. The number of halogens is 4. The molecule has 0 bridgehead atoms. The van der Waals surface area contributed by atoms with E-state index in [1.807, 2.05) is 6.08 Å². The number of hydrogen-bond donors (Lipinski definition) is 1. The van der Waals surface area contributed by atoms with Crippen molar-refractivity contribution in [3.05, 3.63) is 77.8 Å². The number of pyridine rings is 1. The third kappa shape index (κ3) is 4.10. The van der Waals surface area contributed by atoms with Gasteiger partial charge in [-0.15, -0.1) is 0 Å². The van der Waals surface area contributed by atoms with Crippen LogP contribution in [0.1, 0.15) is 35.8 Å². The van der Waals surface area contributed by atoms with Gasteiger partial charge in [-0.25, -0.2) is 14.4 Å². The molecule has 10 heteroatoms. The largest absolute Gasteiger partial charge is 0.494 e. The van der Waals surface area contributed by atoms with Gasteiger partial charge < -0.3 is 15.2 Å². The molecule has 1 spiro atoms. The molecule has 5 rings (SSSR count). The fourth-order valence-electron chi connectivity index (χ4n) is 5.32. The van der Waals surface area contributed by atoms with Gasteiger partial charge in [-0.05, 0) is 61.2 Å². The maximum absolute atomic E-state index is 13.6. The van der Waals surface area contributed by atoms with Crippen LogP contribution in [0.4, 0.5) is 17.6 Å². The van der Waals surface area contributed by atoms with Crippen LogP contribution in [0.2, 0.25) is 0 Å². The van der Waals surface area contributed by atoms with Gasteiger partial charge in [0.05, 0.1) is 19.3 Å². The van der Waals surface area contributed by atoms with Gasteiger partial charge in [0.15, 0.2) is 0 Å². The molecule has 2 aromatic heterocycles. The summed E-state index contributed by atoms with van der Waals surface area (Å²) in [4.78, 5) is 7.97. The Labute approximate surface area is 199 Å². The van der Waals surface area contributed by atoms with Crippen molar-refractivity contribution in [2.75, 3.05) is 20.3 Å². The Morgan fingerprint density at radius 1 is 1.20 bits per heavy atom. The molecule has 2 N–H and O–H groups in total. The second-order valence-electron chi connectivity index (χ2n) is 8.82. The van der Waals surface area contributed by atoms with Crippen molar-refractivity contribution < 1.29 is 27.0 Å². The van der Waals surface area contributed by atoms with Crippen LogP contribution < -0.4 is 10.5 Å². The van der Waals surface area contributed by atoms with E-state index in [0.29, 0.717) is 30.0 Å². The number of nitrogens with zero attached hydrogens (tertiary/aromatic N) is 3. The van der Waals surface area contributed by atoms with Crippen molar-refractivity contribution in [1.82, 2.24) is 14.5 Å². The zero-order chi connectivity index (χ0) is 24.8. The molecule has 1 aliphatic heterocycles. The first kappa shape index (κ1) is 23.5. The highest BCUT2D eigenvalue weighted by molar-refractivity contribution is 5.72. The number of ether oxygens (including phenoxy) is 2. The van der Waals surface area contributed by atoms with Crippen LogP contribution in [0, 0.1) is 11.7 Å². The van der Waals surface area contributed by atoms with Crippen molar-refractivity contribution in [2.24, 2.45) is 11.7 Å². The Kier molecular flexibility index (Phi) is 5.88. The fraction of sp³-hybridized carbons (Fsp3) is 0.360. The second kappa shape index (κ2) is 8.76. The number of hydrogen-bond acceptors (Lipinski definition) is 5. The van der Waals surface area contributed by atoms with Gasteiger partial charge in [-0.2, -0.15) is 13.2 Å². The van der Waals surface area contributed by atoms with Gasteiger partial charge in [-0.3, -0.25) is 4.57 Å². The van der Waals surface area contributed by atoms with Crippen LogP contribution in [-0.2, 0) is 10.9 Å². The lowest BCUT2D eigenvalue weighted by molar-refractivity contribution is -0.146. The molecular weight excluding hydrogens is 464 g/mol. The number of aromatic nitrogens is 3. The van der Waals surface area contributed by atoms with E-state index in [4.69, 9.17) is 15.2 Å². The minimum Gasteiger partial charge on any atom is -0.494 e. The highest BCUT2D eigenvalue weighted by Gasteiger charge is 2.51. The zero-order valence-corrected chi connectivity index (χ0v) is 18.9. The molecule has 3 atom stereocenters. The molecular formula is C25H24F4N4O2. The Bertz CT molecular complexity index is 1260. The molecule has 0 unspecified atom stereocenters. The molecule has 35 heavy (non-hydrogen) atoms. The smallest absolute Gasteiger partial charge is 0.450 e. The predicted octanol–water partition coefficient (Wildman–Crippen LogP) is 4.74. The Morgan fingerprint density at radius 2 is 1.97 bits per heavy atom. The number of methoxy groups -OCH3 is 1. The van der Waals surface area contributed by atoms with E-state index in [9.17, 15) is 17.6 Å². The molecule has 1 fully saturated rings. The lowest BCUT2D eigenvalue weighted by Crippen LogP contribution is -2.34. The van der Waals surface area contributed by atoms with Crippen LogP contribution in [0.5, 0.6) is 5.75 Å². The number of rotatable bonds is 5. The number of nitrogens with two attached hydrogens (primary N) is 1. The highest BCUT2D eigenvalue weighted by Crippen LogP contribution is 2.53. The minimum atomic E-state index is -4.63. The van der Waals surface area contributed by atoms with E-state index >= 15 is 0 Å². The summed E-state index contributed by atoms with van der Waals surface area (Å²) in [7, 11) is 1.48. The summed E-state index contributed by atoms with van der Waals surface area (Å²) in [6.45, 7) is 0.659. The van der Waals surface area contributed by atoms with Crippen LogP contribution >= 0.6 is 0 Å². The molecule has 0 radical (unpaired) electrons. The maximum Gasteiger partial charge on any atom is 0.450 e. The summed E-state index contributed by atoms with van der Waals surface area (Å²) in [5.41, 5.74) is 7.44. The Morgan fingerprint density at radius 3 is 2.66 bits per heavy atom. The summed E-state index contributed by atoms with van der Waals surface area (Å²) in [5.74, 6) is -0.859. The molecule has 1 aliphatic carbocycles. The van der Waals surface area contributed by atoms with E-state index < -0.39 is 17.6 Å². The van der Waals surface area contributed by atoms with Gasteiger partial charge >= 0.3 is 6.18 Å². The maximum atomic E-state index is 13.6. The number of benzene rings is 1. The van der Waals surface area contributed by atoms with Crippen LogP contribution in [0.3, 0.4) is 0 Å². The Balaban J connectivity index is 1.57. The van der Waals surface area contributed by atoms with Crippen LogP contribution in [0.15, 0.2) is 54.9 Å². The summed E-state index contributed by atoms with van der Waals surface area (Å²) >= 11 is 0. The quantitative estimate of drug-likeness (QED) is 0.526. The van der Waals surface area contributed by atoms with Crippen molar-refractivity contribution in [2.45, 2.75) is 30.5 Å².